The number of nitrogens with two attached hydrogens (primary N) is 1. The van der Waals surface area contributed by atoms with Crippen LogP contribution in [0, 0.1) is 0 Å². The Kier molecular flexibility index (Phi) is 7.39. The van der Waals surface area contributed by atoms with Crippen molar-refractivity contribution >= 4 is 22.8 Å². The van der Waals surface area contributed by atoms with Crippen molar-refractivity contribution in [3.05, 3.63) is 40.2 Å². The molecule has 0 saturated carbocycles. The van der Waals surface area contributed by atoms with Gasteiger partial charge in [-0.2, -0.15) is 0 Å². The molecule has 1 heterocycles. The van der Waals surface area contributed by atoms with Gasteiger partial charge in [0, 0.05) is 13.0 Å². The average Bonchev–Trinajstić information content (AvgIpc) is 2.61. The van der Waals surface area contributed by atoms with E-state index in [-0.39, 0.29) is 12.2 Å². The lowest BCUT2D eigenvalue weighted by Crippen LogP contribution is -2.37. The molecule has 0 spiro atoms. The van der Waals surface area contributed by atoms with E-state index in [1.165, 1.54) is 6.92 Å². The predicted molar refractivity (Wildman–Crippen MR) is 109 cm³/mol. The van der Waals surface area contributed by atoms with Gasteiger partial charge in [-0.1, -0.05) is 0 Å². The number of hydrogen-bond acceptors (Lipinski definition) is 7. The number of rotatable bonds is 8. The van der Waals surface area contributed by atoms with Crippen molar-refractivity contribution in [2.75, 3.05) is 6.61 Å². The molecule has 2 rings (SSSR count). The summed E-state index contributed by atoms with van der Waals surface area (Å²) in [7, 11) is 0. The van der Waals surface area contributed by atoms with Crippen molar-refractivity contribution < 1.29 is 23.8 Å². The lowest BCUT2D eigenvalue weighted by molar-refractivity contribution is -0.156. The van der Waals surface area contributed by atoms with E-state index >= 15 is 0 Å². The highest BCUT2D eigenvalue weighted by Crippen LogP contribution is 2.19. The number of fused-ring (bicyclic) bond motifs is 1. The van der Waals surface area contributed by atoms with E-state index < -0.39 is 23.6 Å². The number of esters is 2. The minimum atomic E-state index is -0.693. The van der Waals surface area contributed by atoms with Crippen LogP contribution >= 0.6 is 0 Å². The zero-order valence-electron chi connectivity index (χ0n) is 17.2. The molecule has 0 aliphatic carbocycles. The summed E-state index contributed by atoms with van der Waals surface area (Å²) >= 11 is 0. The predicted octanol–water partition coefficient (Wildman–Crippen LogP) is 2.42. The van der Waals surface area contributed by atoms with Gasteiger partial charge in [0.1, 0.15) is 24.0 Å². The molecule has 0 aliphatic rings. The highest BCUT2D eigenvalue weighted by molar-refractivity contribution is 5.80. The van der Waals surface area contributed by atoms with Gasteiger partial charge in [0.05, 0.1) is 17.7 Å². The first kappa shape index (κ1) is 22.4. The third kappa shape index (κ3) is 7.23. The fourth-order valence-electron chi connectivity index (χ4n) is 2.59. The summed E-state index contributed by atoms with van der Waals surface area (Å²) in [6, 6.07) is 6.30. The number of ether oxygens (including phenoxy) is 3. The Morgan fingerprint density at radius 2 is 1.93 bits per heavy atom. The number of benzene rings is 1. The van der Waals surface area contributed by atoms with Crippen molar-refractivity contribution in [1.82, 2.24) is 4.98 Å². The molecule has 1 unspecified atom stereocenters. The molecular weight excluding hydrogens is 376 g/mol. The van der Waals surface area contributed by atoms with E-state index in [0.29, 0.717) is 36.3 Å². The summed E-state index contributed by atoms with van der Waals surface area (Å²) in [4.78, 5) is 37.7. The monoisotopic (exact) mass is 404 g/mol. The number of carbonyl (C=O) groups excluding carboxylic acids is 2. The molecule has 2 aromatic rings. The van der Waals surface area contributed by atoms with Crippen LogP contribution in [0.3, 0.4) is 0 Å². The highest BCUT2D eigenvalue weighted by Gasteiger charge is 2.21. The SMILES string of the molecule is CC(=O)OCc1cc2ccc(OCCCC(N)C(=O)OC(C)(C)C)cc2[nH]c1=O. The van der Waals surface area contributed by atoms with Crippen LogP contribution in [-0.4, -0.2) is 35.2 Å². The Hall–Kier alpha value is -2.87. The van der Waals surface area contributed by atoms with Crippen LogP contribution in [0.25, 0.3) is 10.9 Å². The van der Waals surface area contributed by atoms with Crippen molar-refractivity contribution in [3.63, 3.8) is 0 Å². The van der Waals surface area contributed by atoms with Crippen LogP contribution in [0.5, 0.6) is 5.75 Å². The maximum atomic E-state index is 12.1. The number of hydrogen-bond donors (Lipinski definition) is 2. The highest BCUT2D eigenvalue weighted by atomic mass is 16.6. The molecule has 0 bridgehead atoms. The van der Waals surface area contributed by atoms with E-state index in [9.17, 15) is 14.4 Å². The summed E-state index contributed by atoms with van der Waals surface area (Å²) in [5, 5.41) is 0.797. The third-order valence-corrected chi connectivity index (χ3v) is 3.96. The zero-order valence-corrected chi connectivity index (χ0v) is 17.2. The first-order chi connectivity index (χ1) is 13.5. The summed E-state index contributed by atoms with van der Waals surface area (Å²) in [6.07, 6.45) is 1.02. The fraction of sp³-hybridized carbons (Fsp3) is 0.476. The number of aromatic amines is 1. The Morgan fingerprint density at radius 1 is 1.21 bits per heavy atom. The number of nitrogens with one attached hydrogen (secondary N) is 1. The van der Waals surface area contributed by atoms with Gasteiger partial charge < -0.3 is 24.9 Å². The van der Waals surface area contributed by atoms with Crippen LogP contribution in [0.1, 0.15) is 46.1 Å². The minimum absolute atomic E-state index is 0.0727. The number of pyridine rings is 1. The Labute approximate surface area is 169 Å². The van der Waals surface area contributed by atoms with Crippen molar-refractivity contribution in [2.24, 2.45) is 5.73 Å². The van der Waals surface area contributed by atoms with Gasteiger partial charge in [-0.3, -0.25) is 14.4 Å². The number of H-pyrrole nitrogens is 1. The lowest BCUT2D eigenvalue weighted by Gasteiger charge is -2.22. The molecule has 158 valence electrons. The molecule has 1 aromatic carbocycles. The first-order valence-electron chi connectivity index (χ1n) is 9.46. The van der Waals surface area contributed by atoms with E-state index in [0.717, 1.165) is 5.39 Å². The lowest BCUT2D eigenvalue weighted by atomic mass is 10.1. The van der Waals surface area contributed by atoms with Crippen LogP contribution < -0.4 is 16.0 Å². The second kappa shape index (κ2) is 9.56. The van der Waals surface area contributed by atoms with Crippen LogP contribution in [-0.2, 0) is 25.7 Å². The molecule has 3 N–H and O–H groups in total. The zero-order chi connectivity index (χ0) is 21.6. The summed E-state index contributed by atoms with van der Waals surface area (Å²) in [5.74, 6) is -0.281. The molecule has 0 radical (unpaired) electrons. The van der Waals surface area contributed by atoms with Gasteiger partial charge in [-0.15, -0.1) is 0 Å². The van der Waals surface area contributed by atoms with E-state index in [1.54, 1.807) is 39.0 Å². The molecule has 0 saturated heterocycles. The molecule has 8 heteroatoms. The molecule has 0 amide bonds. The Morgan fingerprint density at radius 3 is 2.59 bits per heavy atom. The normalized spacial score (nSPS) is 12.4. The smallest absolute Gasteiger partial charge is 0.323 e. The standard InChI is InChI=1S/C21H28N2O6/c1-13(24)28-12-15-10-14-7-8-16(11-18(14)23-19(15)25)27-9-5-6-17(22)20(26)29-21(2,3)4/h7-8,10-11,17H,5-6,9,12,22H2,1-4H3,(H,23,25). The largest absolute Gasteiger partial charge is 0.494 e. The maximum absolute atomic E-state index is 12.1. The molecular formula is C21H28N2O6. The molecule has 1 aromatic heterocycles. The Bertz CT molecular complexity index is 929. The van der Waals surface area contributed by atoms with Crippen LogP contribution in [0.2, 0.25) is 0 Å². The molecule has 0 fully saturated rings. The summed E-state index contributed by atoms with van der Waals surface area (Å²) < 4.78 is 15.8. The number of carbonyl (C=O) groups is 2. The fourth-order valence-corrected chi connectivity index (χ4v) is 2.59. The first-order valence-corrected chi connectivity index (χ1v) is 9.46. The van der Waals surface area contributed by atoms with Crippen LogP contribution in [0.4, 0.5) is 0 Å². The van der Waals surface area contributed by atoms with Crippen LogP contribution in [0.15, 0.2) is 29.1 Å². The van der Waals surface area contributed by atoms with Gasteiger partial charge in [0.2, 0.25) is 0 Å². The second-order valence-electron chi connectivity index (χ2n) is 7.78. The Balaban J connectivity index is 1.91. The molecule has 1 atom stereocenters. The average molecular weight is 404 g/mol. The van der Waals surface area contributed by atoms with Gasteiger partial charge in [0.15, 0.2) is 0 Å². The molecule has 8 nitrogen and oxygen atoms in total. The summed E-state index contributed by atoms with van der Waals surface area (Å²) in [6.45, 7) is 6.98. The second-order valence-corrected chi connectivity index (χ2v) is 7.78. The van der Waals surface area contributed by atoms with Gasteiger partial charge in [-0.25, -0.2) is 0 Å². The van der Waals surface area contributed by atoms with E-state index in [2.05, 4.69) is 4.98 Å². The topological polar surface area (TPSA) is 121 Å². The number of aromatic nitrogens is 1. The van der Waals surface area contributed by atoms with Crippen molar-refractivity contribution in [1.29, 1.82) is 0 Å². The third-order valence-electron chi connectivity index (χ3n) is 3.96. The molecule has 0 aliphatic heterocycles. The van der Waals surface area contributed by atoms with Gasteiger partial charge in [-0.05, 0) is 57.2 Å². The minimum Gasteiger partial charge on any atom is -0.494 e. The van der Waals surface area contributed by atoms with Gasteiger partial charge >= 0.3 is 11.9 Å². The van der Waals surface area contributed by atoms with Crippen molar-refractivity contribution in [2.45, 2.75) is 58.8 Å². The van der Waals surface area contributed by atoms with Crippen molar-refractivity contribution in [3.8, 4) is 5.75 Å². The maximum Gasteiger partial charge on any atom is 0.323 e. The summed E-state index contributed by atoms with van der Waals surface area (Å²) in [5.41, 5.74) is 5.95. The van der Waals surface area contributed by atoms with Gasteiger partial charge in [0.25, 0.3) is 5.56 Å². The quantitative estimate of drug-likeness (QED) is 0.512. The van der Waals surface area contributed by atoms with E-state index in [4.69, 9.17) is 19.9 Å². The van der Waals surface area contributed by atoms with E-state index in [1.807, 2.05) is 6.07 Å². The molecule has 29 heavy (non-hydrogen) atoms.